The van der Waals surface area contributed by atoms with E-state index < -0.39 is 0 Å². The van der Waals surface area contributed by atoms with Gasteiger partial charge in [0.1, 0.15) is 0 Å². The van der Waals surface area contributed by atoms with Crippen molar-refractivity contribution in [2.45, 2.75) is 25.8 Å². The van der Waals surface area contributed by atoms with Gasteiger partial charge in [-0.2, -0.15) is 0 Å². The van der Waals surface area contributed by atoms with E-state index in [1.54, 1.807) is 36.1 Å². The van der Waals surface area contributed by atoms with Gasteiger partial charge in [-0.15, -0.1) is 0 Å². The first-order valence-electron chi connectivity index (χ1n) is 7.44. The summed E-state index contributed by atoms with van der Waals surface area (Å²) in [5.41, 5.74) is 0.723. The summed E-state index contributed by atoms with van der Waals surface area (Å²) in [4.78, 5) is 25.7. The van der Waals surface area contributed by atoms with Gasteiger partial charge < -0.3 is 9.64 Å². The molecule has 1 aliphatic carbocycles. The van der Waals surface area contributed by atoms with Gasteiger partial charge in [-0.05, 0) is 36.6 Å². The fraction of sp³-hybridized carbons (Fsp3) is 0.412. The van der Waals surface area contributed by atoms with Crippen molar-refractivity contribution in [2.75, 3.05) is 13.7 Å². The first-order chi connectivity index (χ1) is 10.9. The van der Waals surface area contributed by atoms with E-state index in [0.29, 0.717) is 16.6 Å². The molecule has 1 atom stereocenters. The lowest BCUT2D eigenvalue weighted by molar-refractivity contribution is -0.146. The molecule has 1 unspecified atom stereocenters. The molecule has 1 aliphatic rings. The summed E-state index contributed by atoms with van der Waals surface area (Å²) in [6.07, 6.45) is 5.08. The number of amides is 1. The number of hydrogen-bond acceptors (Lipinski definition) is 3. The predicted octanol–water partition coefficient (Wildman–Crippen LogP) is 3.81. The Morgan fingerprint density at radius 3 is 2.65 bits per heavy atom. The number of methoxy groups -OCH3 is 1. The summed E-state index contributed by atoms with van der Waals surface area (Å²) >= 11 is 11.9. The van der Waals surface area contributed by atoms with Crippen molar-refractivity contribution >= 4 is 41.2 Å². The van der Waals surface area contributed by atoms with Crippen LogP contribution in [0.4, 0.5) is 0 Å². The molecule has 0 heterocycles. The number of benzene rings is 1. The highest BCUT2D eigenvalue weighted by Crippen LogP contribution is 2.28. The number of carbonyl (C=O) groups is 2. The van der Waals surface area contributed by atoms with Crippen LogP contribution in [0.1, 0.15) is 25.3 Å². The molecule has 6 heteroatoms. The van der Waals surface area contributed by atoms with Crippen LogP contribution < -0.4 is 0 Å². The average Bonchev–Trinajstić information content (AvgIpc) is 3.35. The molecule has 0 bridgehead atoms. The zero-order chi connectivity index (χ0) is 17.0. The summed E-state index contributed by atoms with van der Waals surface area (Å²) in [5.74, 6) is -0.792. The molecule has 0 N–H and O–H groups in total. The molecule has 1 fully saturated rings. The van der Waals surface area contributed by atoms with Crippen molar-refractivity contribution in [3.05, 3.63) is 39.9 Å². The Kier molecular flexibility index (Phi) is 6.08. The van der Waals surface area contributed by atoms with E-state index in [9.17, 15) is 9.59 Å². The van der Waals surface area contributed by atoms with E-state index in [4.69, 9.17) is 27.9 Å². The Morgan fingerprint density at radius 1 is 1.39 bits per heavy atom. The summed E-state index contributed by atoms with van der Waals surface area (Å²) in [6, 6.07) is 5.31. The van der Waals surface area contributed by atoms with Gasteiger partial charge in [0, 0.05) is 28.7 Å². The largest absolute Gasteiger partial charge is 0.469 e. The molecular formula is C17H19Cl2NO3. The Labute approximate surface area is 146 Å². The molecule has 2 rings (SSSR count). The van der Waals surface area contributed by atoms with E-state index in [1.165, 1.54) is 13.2 Å². The maximum atomic E-state index is 12.4. The molecule has 1 aromatic carbocycles. The molecule has 0 spiro atoms. The van der Waals surface area contributed by atoms with Gasteiger partial charge in [-0.3, -0.25) is 9.59 Å². The molecule has 0 aliphatic heterocycles. The highest BCUT2D eigenvalue weighted by atomic mass is 35.5. The third kappa shape index (κ3) is 4.98. The van der Waals surface area contributed by atoms with Gasteiger partial charge in [-0.1, -0.05) is 36.2 Å². The molecule has 23 heavy (non-hydrogen) atoms. The summed E-state index contributed by atoms with van der Waals surface area (Å²) in [6.45, 7) is 2.11. The molecule has 0 radical (unpaired) electrons. The zero-order valence-electron chi connectivity index (χ0n) is 13.1. The highest BCUT2D eigenvalue weighted by molar-refractivity contribution is 6.35. The minimum Gasteiger partial charge on any atom is -0.469 e. The molecule has 1 aromatic rings. The topological polar surface area (TPSA) is 46.6 Å². The van der Waals surface area contributed by atoms with Crippen LogP contribution in [-0.4, -0.2) is 36.5 Å². The third-order valence-corrected chi connectivity index (χ3v) is 4.28. The number of esters is 1. The molecule has 0 saturated heterocycles. The fourth-order valence-electron chi connectivity index (χ4n) is 2.27. The number of hydrogen-bond donors (Lipinski definition) is 0. The minimum absolute atomic E-state index is 0.130. The van der Waals surface area contributed by atoms with Crippen molar-refractivity contribution in [3.63, 3.8) is 0 Å². The van der Waals surface area contributed by atoms with Crippen molar-refractivity contribution in [1.29, 1.82) is 0 Å². The average molecular weight is 356 g/mol. The van der Waals surface area contributed by atoms with Crippen LogP contribution >= 0.6 is 23.2 Å². The van der Waals surface area contributed by atoms with Gasteiger partial charge >= 0.3 is 5.97 Å². The predicted molar refractivity (Wildman–Crippen MR) is 91.4 cm³/mol. The Morgan fingerprint density at radius 2 is 2.09 bits per heavy atom. The highest BCUT2D eigenvalue weighted by Gasteiger charge is 2.33. The monoisotopic (exact) mass is 355 g/mol. The standard InChI is InChI=1S/C17H19Cl2NO3/c1-11(17(22)23-2)10-20(14-6-7-14)16(21)8-4-12-3-5-13(18)9-15(12)19/h3-5,8-9,11,14H,6-7,10H2,1-2H3/b8-4+. The summed E-state index contributed by atoms with van der Waals surface area (Å²) in [5, 5.41) is 1.03. The van der Waals surface area contributed by atoms with Crippen molar-refractivity contribution in [1.82, 2.24) is 4.90 Å². The van der Waals surface area contributed by atoms with Crippen LogP contribution in [0.2, 0.25) is 10.0 Å². The third-order valence-electron chi connectivity index (χ3n) is 3.71. The first kappa shape index (κ1) is 17.8. The molecular weight excluding hydrogens is 337 g/mol. The smallest absolute Gasteiger partial charge is 0.310 e. The number of rotatable bonds is 6. The number of halogens is 2. The van der Waals surface area contributed by atoms with Crippen molar-refractivity contribution in [2.24, 2.45) is 5.92 Å². The van der Waals surface area contributed by atoms with Gasteiger partial charge in [0.15, 0.2) is 0 Å². The van der Waals surface area contributed by atoms with Gasteiger partial charge in [0.2, 0.25) is 5.91 Å². The molecule has 1 amide bonds. The normalized spacial score (nSPS) is 15.5. The van der Waals surface area contributed by atoms with Crippen LogP contribution in [0.3, 0.4) is 0 Å². The number of carbonyl (C=O) groups excluding carboxylic acids is 2. The van der Waals surface area contributed by atoms with E-state index >= 15 is 0 Å². The van der Waals surface area contributed by atoms with Crippen LogP contribution in [-0.2, 0) is 14.3 Å². The van der Waals surface area contributed by atoms with Gasteiger partial charge in [-0.25, -0.2) is 0 Å². The van der Waals surface area contributed by atoms with E-state index in [2.05, 4.69) is 0 Å². The van der Waals surface area contributed by atoms with Gasteiger partial charge in [0.05, 0.1) is 13.0 Å². The number of nitrogens with zero attached hydrogens (tertiary/aromatic N) is 1. The summed E-state index contributed by atoms with van der Waals surface area (Å²) < 4.78 is 4.72. The van der Waals surface area contributed by atoms with Crippen LogP contribution in [0.5, 0.6) is 0 Å². The van der Waals surface area contributed by atoms with Crippen LogP contribution in [0, 0.1) is 5.92 Å². The fourth-order valence-corrected chi connectivity index (χ4v) is 2.74. The van der Waals surface area contributed by atoms with E-state index in [0.717, 1.165) is 18.4 Å². The lowest BCUT2D eigenvalue weighted by atomic mass is 10.1. The van der Waals surface area contributed by atoms with Crippen molar-refractivity contribution < 1.29 is 14.3 Å². The quantitative estimate of drug-likeness (QED) is 0.575. The maximum absolute atomic E-state index is 12.4. The SMILES string of the molecule is COC(=O)C(C)CN(C(=O)/C=C/c1ccc(Cl)cc1Cl)C1CC1. The minimum atomic E-state index is -0.350. The van der Waals surface area contributed by atoms with E-state index in [1.807, 2.05) is 0 Å². The molecule has 1 saturated carbocycles. The van der Waals surface area contributed by atoms with Gasteiger partial charge in [0.25, 0.3) is 0 Å². The zero-order valence-corrected chi connectivity index (χ0v) is 14.6. The first-order valence-corrected chi connectivity index (χ1v) is 8.19. The summed E-state index contributed by atoms with van der Waals surface area (Å²) in [7, 11) is 1.35. The van der Waals surface area contributed by atoms with Crippen molar-refractivity contribution in [3.8, 4) is 0 Å². The Hall–Kier alpha value is -1.52. The Bertz CT molecular complexity index is 626. The van der Waals surface area contributed by atoms with Crippen LogP contribution in [0.25, 0.3) is 6.08 Å². The molecule has 0 aromatic heterocycles. The maximum Gasteiger partial charge on any atom is 0.310 e. The lowest BCUT2D eigenvalue weighted by Gasteiger charge is -2.23. The lowest BCUT2D eigenvalue weighted by Crippen LogP contribution is -2.37. The molecule has 4 nitrogen and oxygen atoms in total. The van der Waals surface area contributed by atoms with E-state index in [-0.39, 0.29) is 23.8 Å². The second-order valence-electron chi connectivity index (χ2n) is 5.65. The Balaban J connectivity index is 2.06. The number of ether oxygens (including phenoxy) is 1. The van der Waals surface area contributed by atoms with Crippen LogP contribution in [0.15, 0.2) is 24.3 Å². The molecule has 124 valence electrons. The second-order valence-corrected chi connectivity index (χ2v) is 6.49. The second kappa shape index (κ2) is 7.84.